The van der Waals surface area contributed by atoms with Crippen molar-refractivity contribution in [2.24, 2.45) is 0 Å². The van der Waals surface area contributed by atoms with E-state index in [1.807, 2.05) is 0 Å². The Kier molecular flexibility index (Phi) is 29.5. The van der Waals surface area contributed by atoms with Crippen LogP contribution in [0.3, 0.4) is 0 Å². The third-order valence-corrected chi connectivity index (χ3v) is 10.2. The Balaban J connectivity index is 3.71. The molecule has 1 N–H and O–H groups in total. The third kappa shape index (κ3) is 24.7. The van der Waals surface area contributed by atoms with E-state index in [0.717, 1.165) is 25.7 Å². The minimum Gasteiger partial charge on any atom is -0.388 e. The molecule has 0 radical (unpaired) electrons. The van der Waals surface area contributed by atoms with Gasteiger partial charge in [-0.15, -0.1) is 0 Å². The van der Waals surface area contributed by atoms with Gasteiger partial charge in [0.05, 0.1) is 13.8 Å². The van der Waals surface area contributed by atoms with E-state index in [-0.39, 0.29) is 11.0 Å². The second kappa shape index (κ2) is 29.7. The lowest BCUT2D eigenvalue weighted by Gasteiger charge is -2.17. The highest BCUT2D eigenvalue weighted by Gasteiger charge is 2.29. The number of aliphatic hydroxyl groups is 1. The van der Waals surface area contributed by atoms with Gasteiger partial charge in [0, 0.05) is 12.8 Å². The molecule has 1 atom stereocenters. The van der Waals surface area contributed by atoms with Crippen LogP contribution in [0.1, 0.15) is 201 Å². The van der Waals surface area contributed by atoms with Crippen LogP contribution in [-0.4, -0.2) is 22.0 Å². The lowest BCUT2D eigenvalue weighted by atomic mass is 10.0. The lowest BCUT2D eigenvalue weighted by molar-refractivity contribution is -0.114. The zero-order chi connectivity index (χ0) is 28.1. The van der Waals surface area contributed by atoms with Crippen molar-refractivity contribution in [2.75, 3.05) is 0 Å². The first-order valence-corrected chi connectivity index (χ1v) is 18.5. The van der Waals surface area contributed by atoms with Crippen molar-refractivity contribution in [2.45, 2.75) is 206 Å². The standard InChI is InChI=1S/C34H67O3P/c1-4-6-8-10-12-14-16-18-20-22-24-26-28-30-33(36)38(32(3)35)34(37)31-29-27-25-23-21-19-17-15-13-11-9-7-5-2/h32,35H,4-31H2,1-3H3. The summed E-state index contributed by atoms with van der Waals surface area (Å²) in [5.74, 6) is -0.797. The monoisotopic (exact) mass is 554 g/mol. The fraction of sp³-hybridized carbons (Fsp3) is 0.941. The molecule has 4 heteroatoms. The Morgan fingerprint density at radius 3 is 0.868 bits per heavy atom. The molecule has 0 aromatic carbocycles. The molecule has 0 fully saturated rings. The Labute approximate surface area is 239 Å². The first-order valence-electron chi connectivity index (χ1n) is 17.1. The zero-order valence-corrected chi connectivity index (χ0v) is 27.0. The summed E-state index contributed by atoms with van der Waals surface area (Å²) in [5.41, 5.74) is 0.0514. The van der Waals surface area contributed by atoms with Crippen molar-refractivity contribution in [3.63, 3.8) is 0 Å². The van der Waals surface area contributed by atoms with Crippen molar-refractivity contribution in [1.29, 1.82) is 0 Å². The Hall–Kier alpha value is -0.270. The van der Waals surface area contributed by atoms with Crippen LogP contribution in [0.2, 0.25) is 0 Å². The van der Waals surface area contributed by atoms with Gasteiger partial charge < -0.3 is 5.11 Å². The van der Waals surface area contributed by atoms with Gasteiger partial charge >= 0.3 is 0 Å². The molecule has 0 aromatic rings. The molecule has 0 bridgehead atoms. The fourth-order valence-corrected chi connectivity index (χ4v) is 7.29. The first-order chi connectivity index (χ1) is 18.5. The van der Waals surface area contributed by atoms with E-state index < -0.39 is 13.8 Å². The molecule has 0 rings (SSSR count). The molecule has 38 heavy (non-hydrogen) atoms. The average Bonchev–Trinajstić information content (AvgIpc) is 2.89. The minimum absolute atomic E-state index is 0.0257. The average molecular weight is 555 g/mol. The number of rotatable bonds is 31. The summed E-state index contributed by atoms with van der Waals surface area (Å²) in [6.07, 6.45) is 34.3. The highest BCUT2D eigenvalue weighted by molar-refractivity contribution is 7.89. The summed E-state index contributed by atoms with van der Waals surface area (Å²) in [6, 6.07) is 0. The molecule has 3 nitrogen and oxygen atoms in total. The molecule has 0 saturated carbocycles. The molecule has 0 aliphatic rings. The molecule has 0 aliphatic carbocycles. The van der Waals surface area contributed by atoms with E-state index in [2.05, 4.69) is 13.8 Å². The summed E-state index contributed by atoms with van der Waals surface area (Å²) in [6.45, 7) is 6.17. The van der Waals surface area contributed by atoms with Gasteiger partial charge in [-0.05, 0) is 19.8 Å². The molecule has 0 aliphatic heterocycles. The maximum atomic E-state index is 12.7. The van der Waals surface area contributed by atoms with Gasteiger partial charge in [0.1, 0.15) is 0 Å². The van der Waals surface area contributed by atoms with Gasteiger partial charge in [0.25, 0.3) is 0 Å². The molecule has 0 aromatic heterocycles. The predicted octanol–water partition coefficient (Wildman–Crippen LogP) is 11.8. The molecule has 0 amide bonds. The van der Waals surface area contributed by atoms with Gasteiger partial charge in [0.2, 0.25) is 0 Å². The SMILES string of the molecule is CCCCCCCCCCCCCCCC(=O)P(C(=O)CCCCCCCCCCCCCCC)C(C)O. The van der Waals surface area contributed by atoms with E-state index in [0.29, 0.717) is 12.8 Å². The van der Waals surface area contributed by atoms with Crippen molar-refractivity contribution in [1.82, 2.24) is 0 Å². The van der Waals surface area contributed by atoms with E-state index in [4.69, 9.17) is 0 Å². The van der Waals surface area contributed by atoms with Crippen LogP contribution in [0.25, 0.3) is 0 Å². The molecular formula is C34H67O3P. The summed E-state index contributed by atoms with van der Waals surface area (Å²) >= 11 is 0. The summed E-state index contributed by atoms with van der Waals surface area (Å²) in [7, 11) is -1.55. The van der Waals surface area contributed by atoms with E-state index in [1.165, 1.54) is 141 Å². The second-order valence-electron chi connectivity index (χ2n) is 11.8. The van der Waals surface area contributed by atoms with Crippen LogP contribution >= 0.6 is 7.92 Å². The third-order valence-electron chi connectivity index (χ3n) is 7.90. The maximum Gasteiger partial charge on any atom is 0.164 e. The summed E-state index contributed by atoms with van der Waals surface area (Å²) in [5, 5.41) is 10.1. The van der Waals surface area contributed by atoms with Gasteiger partial charge in [-0.1, -0.05) is 168 Å². The quantitative estimate of drug-likeness (QED) is 0.0685. The van der Waals surface area contributed by atoms with Gasteiger partial charge in [0.15, 0.2) is 11.0 Å². The van der Waals surface area contributed by atoms with Gasteiger partial charge in [-0.3, -0.25) is 9.59 Å². The molecule has 0 spiro atoms. The van der Waals surface area contributed by atoms with E-state index in [9.17, 15) is 14.7 Å². The Morgan fingerprint density at radius 2 is 0.658 bits per heavy atom. The van der Waals surface area contributed by atoms with Crippen LogP contribution in [0.5, 0.6) is 0 Å². The smallest absolute Gasteiger partial charge is 0.164 e. The number of carbonyl (C=O) groups is 2. The maximum absolute atomic E-state index is 12.7. The van der Waals surface area contributed by atoms with Crippen LogP contribution in [0, 0.1) is 0 Å². The molecular weight excluding hydrogens is 487 g/mol. The number of hydrogen-bond donors (Lipinski definition) is 1. The lowest BCUT2D eigenvalue weighted by Crippen LogP contribution is -2.14. The number of unbranched alkanes of at least 4 members (excludes halogenated alkanes) is 24. The van der Waals surface area contributed by atoms with Crippen molar-refractivity contribution in [3.8, 4) is 0 Å². The minimum atomic E-state index is -1.55. The number of hydrogen-bond acceptors (Lipinski definition) is 3. The molecule has 0 saturated heterocycles. The molecule has 226 valence electrons. The second-order valence-corrected chi connectivity index (χ2v) is 14.3. The first kappa shape index (κ1) is 37.7. The van der Waals surface area contributed by atoms with Crippen molar-refractivity contribution >= 4 is 19.0 Å². The predicted molar refractivity (Wildman–Crippen MR) is 169 cm³/mol. The topological polar surface area (TPSA) is 54.4 Å². The van der Waals surface area contributed by atoms with Crippen molar-refractivity contribution in [3.05, 3.63) is 0 Å². The van der Waals surface area contributed by atoms with Crippen LogP contribution in [0.4, 0.5) is 0 Å². The van der Waals surface area contributed by atoms with E-state index >= 15 is 0 Å². The highest BCUT2D eigenvalue weighted by atomic mass is 31.1. The van der Waals surface area contributed by atoms with Gasteiger partial charge in [-0.2, -0.15) is 0 Å². The van der Waals surface area contributed by atoms with Crippen LogP contribution < -0.4 is 0 Å². The number of carbonyl (C=O) groups excluding carboxylic acids is 2. The fourth-order valence-electron chi connectivity index (χ4n) is 5.38. The van der Waals surface area contributed by atoms with Crippen molar-refractivity contribution < 1.29 is 14.7 Å². The zero-order valence-electron chi connectivity index (χ0n) is 26.1. The normalized spacial score (nSPS) is 12.3. The highest BCUT2D eigenvalue weighted by Crippen LogP contribution is 2.45. The van der Waals surface area contributed by atoms with Gasteiger partial charge in [-0.25, -0.2) is 0 Å². The Bertz CT molecular complexity index is 478. The largest absolute Gasteiger partial charge is 0.388 e. The molecule has 0 heterocycles. The summed E-state index contributed by atoms with van der Waals surface area (Å²) in [4.78, 5) is 25.4. The van der Waals surface area contributed by atoms with Crippen LogP contribution in [0.15, 0.2) is 0 Å². The molecule has 1 unspecified atom stereocenters. The van der Waals surface area contributed by atoms with Crippen LogP contribution in [-0.2, 0) is 9.59 Å². The Morgan fingerprint density at radius 1 is 0.447 bits per heavy atom. The number of aliphatic hydroxyl groups excluding tert-OH is 1. The summed E-state index contributed by atoms with van der Waals surface area (Å²) < 4.78 is 0. The van der Waals surface area contributed by atoms with E-state index in [1.54, 1.807) is 6.92 Å².